The zero-order chi connectivity index (χ0) is 16.4. The molecule has 1 saturated heterocycles. The molecule has 0 radical (unpaired) electrons. The average Bonchev–Trinajstić information content (AvgIpc) is 3.36. The molecule has 0 spiro atoms. The molecule has 0 aromatic rings. The highest BCUT2D eigenvalue weighted by molar-refractivity contribution is 5.85. The number of hydrogen-bond acceptors (Lipinski definition) is 2. The van der Waals surface area contributed by atoms with Crippen molar-refractivity contribution in [2.24, 2.45) is 17.8 Å². The Labute approximate surface area is 148 Å². The molecule has 3 nitrogen and oxygen atoms in total. The lowest BCUT2D eigenvalue weighted by Crippen LogP contribution is -2.50. The third-order valence-corrected chi connectivity index (χ3v) is 5.70. The Balaban J connectivity index is 0.00000208. The molecule has 1 aliphatic heterocycles. The van der Waals surface area contributed by atoms with Crippen LogP contribution in [-0.4, -0.2) is 42.7 Å². The number of nitrogens with one attached hydrogen (secondary N) is 1. The van der Waals surface area contributed by atoms with Crippen molar-refractivity contribution in [3.63, 3.8) is 0 Å². The molecule has 1 amide bonds. The summed E-state index contributed by atoms with van der Waals surface area (Å²) in [6, 6.07) is 0.421. The van der Waals surface area contributed by atoms with Crippen molar-refractivity contribution in [1.82, 2.24) is 10.2 Å². The molecule has 3 rings (SSSR count). The summed E-state index contributed by atoms with van der Waals surface area (Å²) in [5.74, 6) is -1.72. The predicted octanol–water partition coefficient (Wildman–Crippen LogP) is 3.77. The van der Waals surface area contributed by atoms with Crippen LogP contribution in [0.15, 0.2) is 0 Å². The van der Waals surface area contributed by atoms with Gasteiger partial charge in [0, 0.05) is 25.0 Å². The van der Waals surface area contributed by atoms with Crippen LogP contribution in [0.2, 0.25) is 0 Å². The van der Waals surface area contributed by atoms with Crippen LogP contribution >= 0.6 is 12.4 Å². The third-order valence-electron chi connectivity index (χ3n) is 5.70. The molecule has 1 heterocycles. The van der Waals surface area contributed by atoms with Crippen molar-refractivity contribution < 1.29 is 18.0 Å². The van der Waals surface area contributed by atoms with Crippen LogP contribution < -0.4 is 5.32 Å². The molecular formula is C17H28ClF3N2O. The second kappa shape index (κ2) is 8.26. The molecule has 2 unspecified atom stereocenters. The second-order valence-electron chi connectivity index (χ2n) is 7.49. The predicted molar refractivity (Wildman–Crippen MR) is 89.1 cm³/mol. The highest BCUT2D eigenvalue weighted by atomic mass is 35.5. The number of alkyl halides is 3. The molecule has 140 valence electrons. The lowest BCUT2D eigenvalue weighted by molar-refractivity contribution is -0.201. The van der Waals surface area contributed by atoms with Gasteiger partial charge >= 0.3 is 6.18 Å². The number of amides is 1. The van der Waals surface area contributed by atoms with Gasteiger partial charge in [-0.15, -0.1) is 12.4 Å². The van der Waals surface area contributed by atoms with Gasteiger partial charge < -0.3 is 10.2 Å². The largest absolute Gasteiger partial charge is 0.392 e. The molecule has 0 bridgehead atoms. The number of rotatable bonds is 4. The van der Waals surface area contributed by atoms with Gasteiger partial charge in [0.05, 0.1) is 5.92 Å². The Morgan fingerprint density at radius 1 is 1.00 bits per heavy atom. The topological polar surface area (TPSA) is 32.3 Å². The molecule has 2 atom stereocenters. The molecule has 3 fully saturated rings. The highest BCUT2D eigenvalue weighted by Crippen LogP contribution is 2.42. The molecule has 0 aromatic carbocycles. The first kappa shape index (κ1) is 19.8. The van der Waals surface area contributed by atoms with Gasteiger partial charge in [-0.3, -0.25) is 4.79 Å². The van der Waals surface area contributed by atoms with Crippen molar-refractivity contribution in [1.29, 1.82) is 0 Å². The summed E-state index contributed by atoms with van der Waals surface area (Å²) >= 11 is 0. The highest BCUT2D eigenvalue weighted by Gasteiger charge is 2.49. The Morgan fingerprint density at radius 3 is 2.21 bits per heavy atom. The second-order valence-corrected chi connectivity index (χ2v) is 7.49. The number of nitrogens with zero attached hydrogens (tertiary/aromatic N) is 1. The number of likely N-dealkylation sites (tertiary alicyclic amines) is 1. The summed E-state index contributed by atoms with van der Waals surface area (Å²) in [6.07, 6.45) is 1.93. The summed E-state index contributed by atoms with van der Waals surface area (Å²) in [5, 5.41) is 3.54. The van der Waals surface area contributed by atoms with Gasteiger partial charge in [-0.1, -0.05) is 12.8 Å². The summed E-state index contributed by atoms with van der Waals surface area (Å²) in [6.45, 7) is 2.25. The number of piperidine rings is 1. The van der Waals surface area contributed by atoms with Crippen LogP contribution in [0.1, 0.15) is 51.4 Å². The summed E-state index contributed by atoms with van der Waals surface area (Å²) < 4.78 is 39.5. The van der Waals surface area contributed by atoms with Gasteiger partial charge in [-0.05, 0) is 51.0 Å². The molecule has 2 aliphatic carbocycles. The summed E-state index contributed by atoms with van der Waals surface area (Å²) in [4.78, 5) is 14.3. The number of hydrogen-bond donors (Lipinski definition) is 1. The van der Waals surface area contributed by atoms with Gasteiger partial charge in [0.1, 0.15) is 0 Å². The number of halogens is 4. The van der Waals surface area contributed by atoms with Crippen molar-refractivity contribution in [3.8, 4) is 0 Å². The van der Waals surface area contributed by atoms with Crippen molar-refractivity contribution in [2.45, 2.75) is 63.6 Å². The minimum absolute atomic E-state index is 0. The fraction of sp³-hybridized carbons (Fsp3) is 0.941. The molecule has 2 saturated carbocycles. The Morgan fingerprint density at radius 2 is 1.62 bits per heavy atom. The fourth-order valence-corrected chi connectivity index (χ4v) is 4.01. The van der Waals surface area contributed by atoms with E-state index in [1.54, 1.807) is 4.90 Å². The van der Waals surface area contributed by atoms with E-state index in [0.29, 0.717) is 32.0 Å². The first-order valence-corrected chi connectivity index (χ1v) is 9.04. The lowest BCUT2D eigenvalue weighted by atomic mass is 9.77. The lowest BCUT2D eigenvalue weighted by Gasteiger charge is -2.38. The average molecular weight is 369 g/mol. The molecule has 1 N–H and O–H groups in total. The van der Waals surface area contributed by atoms with Crippen LogP contribution in [0.5, 0.6) is 0 Å². The van der Waals surface area contributed by atoms with Crippen molar-refractivity contribution in [2.75, 3.05) is 19.6 Å². The molecule has 0 aromatic heterocycles. The van der Waals surface area contributed by atoms with Crippen LogP contribution in [0, 0.1) is 17.8 Å². The zero-order valence-corrected chi connectivity index (χ0v) is 14.8. The normalized spacial score (nSPS) is 29.2. The van der Waals surface area contributed by atoms with Crippen molar-refractivity contribution >= 4 is 18.3 Å². The Bertz CT molecular complexity index is 421. The van der Waals surface area contributed by atoms with E-state index in [0.717, 1.165) is 31.7 Å². The monoisotopic (exact) mass is 368 g/mol. The number of carbonyl (C=O) groups is 1. The van der Waals surface area contributed by atoms with Crippen LogP contribution in [0.3, 0.4) is 0 Å². The maximum Gasteiger partial charge on any atom is 0.392 e. The van der Waals surface area contributed by atoms with E-state index < -0.39 is 18.0 Å². The summed E-state index contributed by atoms with van der Waals surface area (Å²) in [5.41, 5.74) is 0. The van der Waals surface area contributed by atoms with E-state index in [4.69, 9.17) is 0 Å². The minimum Gasteiger partial charge on any atom is -0.342 e. The first-order chi connectivity index (χ1) is 10.9. The maximum absolute atomic E-state index is 13.2. The standard InChI is InChI=1S/C17H27F3N2O.ClH/c18-17(19,20)15-4-2-1-3-14(15)16(23)22-9-7-13(8-10-22)21-11-12-5-6-12;/h12-15,21H,1-11H2;1H. The van der Waals surface area contributed by atoms with E-state index in [-0.39, 0.29) is 24.7 Å². The number of carbonyl (C=O) groups excluding carboxylic acids is 1. The van der Waals surface area contributed by atoms with Gasteiger partial charge in [-0.2, -0.15) is 13.2 Å². The smallest absolute Gasteiger partial charge is 0.342 e. The zero-order valence-electron chi connectivity index (χ0n) is 14.0. The van der Waals surface area contributed by atoms with Crippen LogP contribution in [0.25, 0.3) is 0 Å². The van der Waals surface area contributed by atoms with E-state index in [1.165, 1.54) is 12.8 Å². The van der Waals surface area contributed by atoms with Gasteiger partial charge in [0.25, 0.3) is 0 Å². The minimum atomic E-state index is -4.25. The quantitative estimate of drug-likeness (QED) is 0.819. The van der Waals surface area contributed by atoms with E-state index in [1.807, 2.05) is 0 Å². The van der Waals surface area contributed by atoms with Gasteiger partial charge in [0.15, 0.2) is 0 Å². The molecule has 3 aliphatic rings. The summed E-state index contributed by atoms with van der Waals surface area (Å²) in [7, 11) is 0. The maximum atomic E-state index is 13.2. The van der Waals surface area contributed by atoms with E-state index in [9.17, 15) is 18.0 Å². The Hall–Kier alpha value is -0.490. The first-order valence-electron chi connectivity index (χ1n) is 9.04. The molecular weight excluding hydrogens is 341 g/mol. The third kappa shape index (κ3) is 5.01. The fourth-order valence-electron chi connectivity index (χ4n) is 4.01. The van der Waals surface area contributed by atoms with Crippen LogP contribution in [0.4, 0.5) is 13.2 Å². The van der Waals surface area contributed by atoms with Crippen LogP contribution in [-0.2, 0) is 4.79 Å². The SMILES string of the molecule is Cl.O=C(C1CCCCC1C(F)(F)F)N1CCC(NCC2CC2)CC1. The van der Waals surface area contributed by atoms with Gasteiger partial charge in [-0.25, -0.2) is 0 Å². The Kier molecular flexibility index (Phi) is 6.82. The van der Waals surface area contributed by atoms with E-state index >= 15 is 0 Å². The molecule has 24 heavy (non-hydrogen) atoms. The van der Waals surface area contributed by atoms with Gasteiger partial charge in [0.2, 0.25) is 5.91 Å². The van der Waals surface area contributed by atoms with E-state index in [2.05, 4.69) is 5.32 Å². The van der Waals surface area contributed by atoms with Crippen molar-refractivity contribution in [3.05, 3.63) is 0 Å². The molecule has 7 heteroatoms.